The lowest BCUT2D eigenvalue weighted by Gasteiger charge is -2.02. The van der Waals surface area contributed by atoms with Gasteiger partial charge in [0.2, 0.25) is 0 Å². The lowest BCUT2D eigenvalue weighted by atomic mass is 10.4. The van der Waals surface area contributed by atoms with Gasteiger partial charge in [-0.05, 0) is 22.7 Å². The van der Waals surface area contributed by atoms with Gasteiger partial charge in [-0.2, -0.15) is 8.42 Å². The van der Waals surface area contributed by atoms with E-state index in [0.717, 1.165) is 5.30 Å². The molecular weight excluding hydrogens is 287 g/mol. The fourth-order valence-corrected chi connectivity index (χ4v) is 2.90. The molecule has 1 atom stereocenters. The van der Waals surface area contributed by atoms with E-state index in [-0.39, 0.29) is 15.8 Å². The summed E-state index contributed by atoms with van der Waals surface area (Å²) < 4.78 is 30.6. The zero-order chi connectivity index (χ0) is 12.3. The first kappa shape index (κ1) is 17.7. The molecule has 0 saturated heterocycles. The van der Waals surface area contributed by atoms with Gasteiger partial charge in [0.05, 0.1) is 4.90 Å². The third kappa shape index (κ3) is 5.06. The second-order valence-electron chi connectivity index (χ2n) is 3.49. The van der Waals surface area contributed by atoms with Crippen molar-refractivity contribution < 1.29 is 23.9 Å². The lowest BCUT2D eigenvalue weighted by Crippen LogP contribution is -2.04. The molecule has 0 aromatic heterocycles. The second-order valence-corrected chi connectivity index (χ2v) is 6.32. The fraction of sp³-hybridized carbons (Fsp3) is 0. The smallest absolute Gasteiger partial charge is 0.294 e. The Hall–Kier alpha value is -1.30. The zero-order valence-corrected chi connectivity index (χ0v) is 11.7. The van der Waals surface area contributed by atoms with E-state index in [4.69, 9.17) is 4.55 Å². The highest BCUT2D eigenvalue weighted by atomic mass is 32.2. The van der Waals surface area contributed by atoms with Gasteiger partial charge in [0, 0.05) is 0 Å². The van der Waals surface area contributed by atoms with Gasteiger partial charge in [-0.15, -0.1) is 0 Å². The highest BCUT2D eigenvalue weighted by molar-refractivity contribution is 7.85. The minimum Gasteiger partial charge on any atom is -0.412 e. The molecule has 0 fully saturated rings. The Morgan fingerprint density at radius 3 is 1.74 bits per heavy atom. The Kier molecular flexibility index (Phi) is 6.83. The summed E-state index contributed by atoms with van der Waals surface area (Å²) in [5.74, 6) is 0. The Morgan fingerprint density at radius 1 is 0.789 bits per heavy atom. The van der Waals surface area contributed by atoms with Crippen molar-refractivity contribution in [1.29, 1.82) is 0 Å². The number of hydrogen-bond acceptors (Lipinski definition) is 2. The average Bonchev–Trinajstić information content (AvgIpc) is 2.30. The number of hydrogen-bond donors (Lipinski definition) is 1. The first-order chi connectivity index (χ1) is 8.05. The summed E-state index contributed by atoms with van der Waals surface area (Å²) in [5.41, 5.74) is 0. The van der Waals surface area contributed by atoms with Crippen LogP contribution in [0.15, 0.2) is 59.5 Å². The molecule has 19 heavy (non-hydrogen) atoms. The SMILES string of the molecule is O.O.O=S(=O)(O)c1ccc(Pc2ccccc2)cc1. The monoisotopic (exact) mass is 302 g/mol. The Labute approximate surface area is 113 Å². The Morgan fingerprint density at radius 2 is 1.26 bits per heavy atom. The molecule has 104 valence electrons. The largest absolute Gasteiger partial charge is 0.412 e. The molecule has 1 unspecified atom stereocenters. The van der Waals surface area contributed by atoms with Gasteiger partial charge in [0.25, 0.3) is 10.1 Å². The van der Waals surface area contributed by atoms with Crippen LogP contribution in [0.5, 0.6) is 0 Å². The van der Waals surface area contributed by atoms with Gasteiger partial charge in [-0.25, -0.2) is 0 Å². The summed E-state index contributed by atoms with van der Waals surface area (Å²) in [5, 5.41) is 2.22. The lowest BCUT2D eigenvalue weighted by molar-refractivity contribution is 0.483. The second kappa shape index (κ2) is 7.33. The molecule has 2 rings (SSSR count). The summed E-state index contributed by atoms with van der Waals surface area (Å²) in [6.07, 6.45) is 0. The number of rotatable bonds is 3. The molecule has 0 spiro atoms. The van der Waals surface area contributed by atoms with Crippen LogP contribution >= 0.6 is 8.58 Å². The quantitative estimate of drug-likeness (QED) is 0.630. The fourth-order valence-electron chi connectivity index (χ4n) is 1.40. The summed E-state index contributed by atoms with van der Waals surface area (Å²) in [6.45, 7) is 0. The Bertz CT molecular complexity index is 596. The van der Waals surface area contributed by atoms with Crippen LogP contribution in [0.4, 0.5) is 0 Å². The predicted octanol–water partition coefficient (Wildman–Crippen LogP) is -0.0868. The van der Waals surface area contributed by atoms with Crippen LogP contribution in [-0.2, 0) is 10.1 Å². The molecule has 0 aliphatic carbocycles. The summed E-state index contributed by atoms with van der Waals surface area (Å²) in [7, 11) is -3.61. The minimum atomic E-state index is -4.09. The maximum atomic E-state index is 10.9. The molecule has 0 saturated carbocycles. The summed E-state index contributed by atoms with van der Waals surface area (Å²) >= 11 is 0. The standard InChI is InChI=1S/C12H11O3PS.2H2O/c13-17(14,15)12-8-6-11(7-9-12)16-10-4-2-1-3-5-10;;/h1-9,16H,(H,13,14,15);2*1H2. The number of benzene rings is 2. The highest BCUT2D eigenvalue weighted by Crippen LogP contribution is 2.13. The van der Waals surface area contributed by atoms with Crippen LogP contribution in [0.1, 0.15) is 0 Å². The first-order valence-corrected chi connectivity index (χ1v) is 7.39. The van der Waals surface area contributed by atoms with Crippen molar-refractivity contribution in [3.63, 3.8) is 0 Å². The summed E-state index contributed by atoms with van der Waals surface area (Å²) in [6, 6.07) is 16.2. The van der Waals surface area contributed by atoms with Gasteiger partial charge in [-0.3, -0.25) is 4.55 Å². The van der Waals surface area contributed by atoms with Crippen LogP contribution in [0.3, 0.4) is 0 Å². The molecule has 0 aliphatic heterocycles. The van der Waals surface area contributed by atoms with Crippen LogP contribution in [0, 0.1) is 0 Å². The molecule has 0 heterocycles. The predicted molar refractivity (Wildman–Crippen MR) is 77.5 cm³/mol. The van der Waals surface area contributed by atoms with Crippen LogP contribution < -0.4 is 10.6 Å². The molecule has 0 radical (unpaired) electrons. The van der Waals surface area contributed by atoms with Gasteiger partial charge in [-0.1, -0.05) is 51.0 Å². The van der Waals surface area contributed by atoms with E-state index in [9.17, 15) is 8.42 Å². The van der Waals surface area contributed by atoms with Crippen molar-refractivity contribution in [2.45, 2.75) is 4.90 Å². The summed E-state index contributed by atoms with van der Waals surface area (Å²) in [4.78, 5) is -0.0703. The topological polar surface area (TPSA) is 117 Å². The maximum absolute atomic E-state index is 10.9. The zero-order valence-electron chi connectivity index (χ0n) is 9.87. The molecule has 0 aliphatic rings. The average molecular weight is 302 g/mol. The molecule has 5 nitrogen and oxygen atoms in total. The van der Waals surface area contributed by atoms with E-state index in [1.807, 2.05) is 30.3 Å². The third-order valence-electron chi connectivity index (χ3n) is 2.21. The van der Waals surface area contributed by atoms with Crippen molar-refractivity contribution in [2.24, 2.45) is 0 Å². The van der Waals surface area contributed by atoms with Crippen molar-refractivity contribution in [1.82, 2.24) is 0 Å². The molecule has 2 aromatic rings. The molecule has 5 N–H and O–H groups in total. The third-order valence-corrected chi connectivity index (χ3v) is 4.33. The highest BCUT2D eigenvalue weighted by Gasteiger charge is 2.08. The molecule has 7 heteroatoms. The van der Waals surface area contributed by atoms with Crippen molar-refractivity contribution in [3.05, 3.63) is 54.6 Å². The van der Waals surface area contributed by atoms with E-state index in [0.29, 0.717) is 8.58 Å². The van der Waals surface area contributed by atoms with Crippen LogP contribution in [0.2, 0.25) is 0 Å². The van der Waals surface area contributed by atoms with E-state index in [2.05, 4.69) is 0 Å². The Balaban J connectivity index is 0.00000162. The van der Waals surface area contributed by atoms with E-state index in [1.54, 1.807) is 12.1 Å². The molecule has 2 aromatic carbocycles. The van der Waals surface area contributed by atoms with Gasteiger partial charge in [0.15, 0.2) is 0 Å². The van der Waals surface area contributed by atoms with Crippen molar-refractivity contribution in [3.8, 4) is 0 Å². The maximum Gasteiger partial charge on any atom is 0.294 e. The van der Waals surface area contributed by atoms with Gasteiger partial charge >= 0.3 is 0 Å². The van der Waals surface area contributed by atoms with E-state index >= 15 is 0 Å². The minimum absolute atomic E-state index is 0. The van der Waals surface area contributed by atoms with E-state index in [1.165, 1.54) is 17.4 Å². The first-order valence-electron chi connectivity index (χ1n) is 4.95. The van der Waals surface area contributed by atoms with Crippen LogP contribution in [-0.4, -0.2) is 23.9 Å². The van der Waals surface area contributed by atoms with Gasteiger partial charge in [0.1, 0.15) is 0 Å². The van der Waals surface area contributed by atoms with Gasteiger partial charge < -0.3 is 11.0 Å². The van der Waals surface area contributed by atoms with Crippen LogP contribution in [0.25, 0.3) is 0 Å². The molecular formula is C12H15O5PS. The normalized spacial score (nSPS) is 10.8. The molecule has 0 bridgehead atoms. The van der Waals surface area contributed by atoms with Crippen molar-refractivity contribution in [2.75, 3.05) is 0 Å². The van der Waals surface area contributed by atoms with Crippen molar-refractivity contribution >= 4 is 29.3 Å². The van der Waals surface area contributed by atoms with E-state index < -0.39 is 10.1 Å². The molecule has 0 amide bonds.